The minimum atomic E-state index is -0.183. The second kappa shape index (κ2) is 7.67. The third-order valence-electron chi connectivity index (χ3n) is 4.04. The smallest absolute Gasteiger partial charge is 0.320 e. The molecule has 2 aromatic rings. The van der Waals surface area contributed by atoms with E-state index in [-0.39, 0.29) is 11.2 Å². The number of aryl methyl sites for hydroxylation is 2. The molecule has 7 nitrogen and oxygen atoms in total. The van der Waals surface area contributed by atoms with Gasteiger partial charge in [-0.3, -0.25) is 9.69 Å². The number of tetrazole rings is 1. The van der Waals surface area contributed by atoms with Gasteiger partial charge in [0.15, 0.2) is 0 Å². The van der Waals surface area contributed by atoms with E-state index in [9.17, 15) is 4.79 Å². The fourth-order valence-electron chi connectivity index (χ4n) is 2.89. The van der Waals surface area contributed by atoms with Gasteiger partial charge < -0.3 is 4.74 Å². The van der Waals surface area contributed by atoms with Crippen LogP contribution < -0.4 is 0 Å². The quantitative estimate of drug-likeness (QED) is 0.594. The van der Waals surface area contributed by atoms with Crippen molar-refractivity contribution < 1.29 is 9.53 Å². The highest BCUT2D eigenvalue weighted by atomic mass is 32.2. The number of ether oxygens (including phenoxy) is 1. The Labute approximate surface area is 155 Å². The largest absolute Gasteiger partial charge is 0.468 e. The van der Waals surface area contributed by atoms with Crippen LogP contribution in [0, 0.1) is 18.6 Å². The minimum Gasteiger partial charge on any atom is -0.468 e. The van der Waals surface area contributed by atoms with Gasteiger partial charge in [0.2, 0.25) is 4.77 Å². The summed E-state index contributed by atoms with van der Waals surface area (Å²) in [4.78, 5) is 13.9. The van der Waals surface area contributed by atoms with Crippen LogP contribution in [0.2, 0.25) is 0 Å². The molecule has 0 N–H and O–H groups in total. The Morgan fingerprint density at radius 1 is 1.32 bits per heavy atom. The van der Waals surface area contributed by atoms with E-state index in [0.29, 0.717) is 18.0 Å². The molecule has 1 aromatic heterocycles. The first kappa shape index (κ1) is 18.1. The summed E-state index contributed by atoms with van der Waals surface area (Å²) < 4.78 is 8.75. The molecule has 0 bridgehead atoms. The van der Waals surface area contributed by atoms with Crippen LogP contribution in [0.25, 0.3) is 5.69 Å². The van der Waals surface area contributed by atoms with E-state index in [1.807, 2.05) is 26.0 Å². The molecule has 0 radical (unpaired) electrons. The van der Waals surface area contributed by atoms with Crippen molar-refractivity contribution in [2.75, 3.05) is 26.0 Å². The van der Waals surface area contributed by atoms with Crippen LogP contribution in [-0.4, -0.2) is 61.9 Å². The van der Waals surface area contributed by atoms with Crippen LogP contribution in [0.4, 0.5) is 0 Å². The van der Waals surface area contributed by atoms with E-state index in [2.05, 4.69) is 21.4 Å². The van der Waals surface area contributed by atoms with Gasteiger partial charge in [0.05, 0.1) is 19.5 Å². The summed E-state index contributed by atoms with van der Waals surface area (Å²) in [7, 11) is 1.42. The standard InChI is InChI=1S/C16H21N5O2S2/c1-11-6-12(2)8-13(7-11)21-16(24)20(17-18-21)10-19-4-5-25-14(9-19)15(22)23-3/h6-8,14H,4-5,9-10H2,1-3H3/t14-/m1/s1. The monoisotopic (exact) mass is 379 g/mol. The van der Waals surface area contributed by atoms with Gasteiger partial charge in [-0.05, 0) is 59.8 Å². The summed E-state index contributed by atoms with van der Waals surface area (Å²) >= 11 is 7.17. The van der Waals surface area contributed by atoms with Gasteiger partial charge in [0.1, 0.15) is 5.25 Å². The average molecular weight is 380 g/mol. The lowest BCUT2D eigenvalue weighted by Gasteiger charge is -2.30. The molecule has 2 heterocycles. The first-order valence-corrected chi connectivity index (χ1v) is 9.47. The van der Waals surface area contributed by atoms with Crippen molar-refractivity contribution in [3.8, 4) is 5.69 Å². The number of carbonyl (C=O) groups is 1. The lowest BCUT2D eigenvalue weighted by molar-refractivity contribution is -0.140. The number of carbonyl (C=O) groups excluding carboxylic acids is 1. The van der Waals surface area contributed by atoms with Gasteiger partial charge in [-0.1, -0.05) is 6.07 Å². The van der Waals surface area contributed by atoms with Crippen LogP contribution >= 0.6 is 24.0 Å². The lowest BCUT2D eigenvalue weighted by atomic mass is 10.1. The third-order valence-corrected chi connectivity index (χ3v) is 5.58. The van der Waals surface area contributed by atoms with Crippen molar-refractivity contribution >= 4 is 29.9 Å². The first-order chi connectivity index (χ1) is 12.0. The molecule has 1 aromatic carbocycles. The Balaban J connectivity index is 1.77. The molecule has 0 saturated carbocycles. The molecule has 1 fully saturated rings. The van der Waals surface area contributed by atoms with Gasteiger partial charge in [0.25, 0.3) is 0 Å². The van der Waals surface area contributed by atoms with Crippen LogP contribution in [0.5, 0.6) is 0 Å². The van der Waals surface area contributed by atoms with Gasteiger partial charge in [-0.2, -0.15) is 4.68 Å². The Morgan fingerprint density at radius 3 is 2.72 bits per heavy atom. The molecular formula is C16H21N5O2S2. The maximum absolute atomic E-state index is 11.8. The predicted molar refractivity (Wildman–Crippen MR) is 99.5 cm³/mol. The van der Waals surface area contributed by atoms with Crippen molar-refractivity contribution in [1.29, 1.82) is 0 Å². The fourth-order valence-corrected chi connectivity index (χ4v) is 4.33. The van der Waals surface area contributed by atoms with Crippen molar-refractivity contribution in [2.45, 2.75) is 25.8 Å². The van der Waals surface area contributed by atoms with Crippen molar-refractivity contribution in [3.05, 3.63) is 34.1 Å². The maximum Gasteiger partial charge on any atom is 0.320 e. The van der Waals surface area contributed by atoms with Gasteiger partial charge >= 0.3 is 5.97 Å². The number of nitrogens with zero attached hydrogens (tertiary/aromatic N) is 5. The summed E-state index contributed by atoms with van der Waals surface area (Å²) in [6.45, 7) is 6.09. The van der Waals surface area contributed by atoms with Crippen molar-refractivity contribution in [3.63, 3.8) is 0 Å². The summed E-state index contributed by atoms with van der Waals surface area (Å²) in [5, 5.41) is 8.24. The highest BCUT2D eigenvalue weighted by molar-refractivity contribution is 8.00. The molecule has 1 saturated heterocycles. The Kier molecular flexibility index (Phi) is 5.55. The first-order valence-electron chi connectivity index (χ1n) is 8.01. The summed E-state index contributed by atoms with van der Waals surface area (Å²) in [6.07, 6.45) is 0. The maximum atomic E-state index is 11.8. The number of esters is 1. The molecule has 0 unspecified atom stereocenters. The molecule has 1 aliphatic heterocycles. The second-order valence-corrected chi connectivity index (χ2v) is 7.80. The zero-order valence-corrected chi connectivity index (χ0v) is 16.1. The van der Waals surface area contributed by atoms with Crippen LogP contribution in [0.1, 0.15) is 11.1 Å². The van der Waals surface area contributed by atoms with Gasteiger partial charge in [-0.25, -0.2) is 4.68 Å². The number of aromatic nitrogens is 4. The molecule has 0 amide bonds. The van der Waals surface area contributed by atoms with E-state index in [1.165, 1.54) is 7.11 Å². The Morgan fingerprint density at radius 2 is 2.04 bits per heavy atom. The normalized spacial score (nSPS) is 18.3. The van der Waals surface area contributed by atoms with E-state index >= 15 is 0 Å². The summed E-state index contributed by atoms with van der Waals surface area (Å²) in [6, 6.07) is 6.18. The predicted octanol–water partition coefficient (Wildman–Crippen LogP) is 1.96. The number of thioether (sulfide) groups is 1. The van der Waals surface area contributed by atoms with Crippen molar-refractivity contribution in [2.24, 2.45) is 0 Å². The second-order valence-electron chi connectivity index (χ2n) is 6.12. The Bertz CT molecular complexity index is 812. The highest BCUT2D eigenvalue weighted by Gasteiger charge is 2.27. The molecule has 0 spiro atoms. The van der Waals surface area contributed by atoms with Crippen LogP contribution in [-0.2, 0) is 16.2 Å². The highest BCUT2D eigenvalue weighted by Crippen LogP contribution is 2.20. The van der Waals surface area contributed by atoms with Crippen LogP contribution in [0.3, 0.4) is 0 Å². The van der Waals surface area contributed by atoms with Crippen LogP contribution in [0.15, 0.2) is 18.2 Å². The van der Waals surface area contributed by atoms with E-state index in [0.717, 1.165) is 29.1 Å². The zero-order valence-electron chi connectivity index (χ0n) is 14.5. The third kappa shape index (κ3) is 4.10. The molecule has 9 heteroatoms. The molecule has 3 rings (SSSR count). The topological polar surface area (TPSA) is 65.2 Å². The van der Waals surface area contributed by atoms with E-state index in [4.69, 9.17) is 17.0 Å². The van der Waals surface area contributed by atoms with E-state index in [1.54, 1.807) is 21.1 Å². The number of benzene rings is 1. The molecule has 1 atom stereocenters. The molecule has 1 aliphatic rings. The lowest BCUT2D eigenvalue weighted by Crippen LogP contribution is -2.42. The Hall–Kier alpha value is -1.71. The number of hydrogen-bond donors (Lipinski definition) is 0. The van der Waals surface area contributed by atoms with Gasteiger partial charge in [0, 0.05) is 18.8 Å². The SMILES string of the molecule is COC(=O)[C@H]1CN(Cn2nnn(-c3cc(C)cc(C)c3)c2=S)CCS1. The van der Waals surface area contributed by atoms with E-state index < -0.39 is 0 Å². The molecular weight excluding hydrogens is 358 g/mol. The molecule has 0 aliphatic carbocycles. The minimum absolute atomic E-state index is 0.164. The number of rotatable bonds is 4. The van der Waals surface area contributed by atoms with Crippen molar-refractivity contribution in [1.82, 2.24) is 24.7 Å². The number of hydrogen-bond acceptors (Lipinski definition) is 7. The number of methoxy groups -OCH3 is 1. The summed E-state index contributed by atoms with van der Waals surface area (Å²) in [5.41, 5.74) is 3.22. The molecule has 134 valence electrons. The fraction of sp³-hybridized carbons (Fsp3) is 0.500. The molecule has 25 heavy (non-hydrogen) atoms. The summed E-state index contributed by atoms with van der Waals surface area (Å²) in [5.74, 6) is 0.690. The zero-order chi connectivity index (χ0) is 18.0. The average Bonchev–Trinajstić information content (AvgIpc) is 2.94. The van der Waals surface area contributed by atoms with Gasteiger partial charge in [-0.15, -0.1) is 11.8 Å².